The molecule has 21 heavy (non-hydrogen) atoms. The van der Waals surface area contributed by atoms with Gasteiger partial charge < -0.3 is 15.4 Å². The van der Waals surface area contributed by atoms with E-state index in [0.29, 0.717) is 19.4 Å². The lowest BCUT2D eigenvalue weighted by molar-refractivity contribution is -0.385. The first-order valence-electron chi connectivity index (χ1n) is 6.41. The van der Waals surface area contributed by atoms with Gasteiger partial charge in [0.2, 0.25) is 5.91 Å². The minimum absolute atomic E-state index is 0.0301. The van der Waals surface area contributed by atoms with E-state index in [1.807, 2.05) is 0 Å². The number of hydrogen-bond donors (Lipinski definition) is 2. The molecule has 1 saturated heterocycles. The fourth-order valence-corrected chi connectivity index (χ4v) is 2.09. The zero-order valence-corrected chi connectivity index (χ0v) is 11.4. The SMILES string of the molecule is COc1cc(C(=O)NC2CCC(=O)NC2)ccc1[N+](=O)[O-]. The van der Waals surface area contributed by atoms with Crippen molar-refractivity contribution in [1.29, 1.82) is 0 Å². The van der Waals surface area contributed by atoms with Crippen LogP contribution in [0, 0.1) is 10.1 Å². The van der Waals surface area contributed by atoms with Gasteiger partial charge in [-0.2, -0.15) is 0 Å². The van der Waals surface area contributed by atoms with Gasteiger partial charge in [-0.25, -0.2) is 0 Å². The van der Waals surface area contributed by atoms with E-state index in [0.717, 1.165) is 0 Å². The normalized spacial score (nSPS) is 17.8. The van der Waals surface area contributed by atoms with E-state index in [1.54, 1.807) is 0 Å². The van der Waals surface area contributed by atoms with Crippen LogP contribution in [-0.4, -0.2) is 36.4 Å². The van der Waals surface area contributed by atoms with Gasteiger partial charge in [-0.15, -0.1) is 0 Å². The smallest absolute Gasteiger partial charge is 0.310 e. The average molecular weight is 293 g/mol. The Balaban J connectivity index is 2.09. The Kier molecular flexibility index (Phi) is 4.36. The van der Waals surface area contributed by atoms with E-state index >= 15 is 0 Å². The van der Waals surface area contributed by atoms with E-state index in [2.05, 4.69) is 10.6 Å². The minimum Gasteiger partial charge on any atom is -0.490 e. The number of rotatable bonds is 4. The number of piperidine rings is 1. The highest BCUT2D eigenvalue weighted by molar-refractivity contribution is 5.95. The lowest BCUT2D eigenvalue weighted by atomic mass is 10.1. The molecule has 8 nitrogen and oxygen atoms in total. The van der Waals surface area contributed by atoms with Crippen molar-refractivity contribution < 1.29 is 19.2 Å². The third-order valence-corrected chi connectivity index (χ3v) is 3.24. The Labute approximate surface area is 120 Å². The Morgan fingerprint density at radius 3 is 2.86 bits per heavy atom. The fraction of sp³-hybridized carbons (Fsp3) is 0.385. The molecule has 1 fully saturated rings. The van der Waals surface area contributed by atoms with Crippen LogP contribution in [0.5, 0.6) is 5.75 Å². The van der Waals surface area contributed by atoms with E-state index in [4.69, 9.17) is 4.74 Å². The predicted molar refractivity (Wildman–Crippen MR) is 73.1 cm³/mol. The zero-order valence-electron chi connectivity index (χ0n) is 11.4. The van der Waals surface area contributed by atoms with Crippen LogP contribution in [0.2, 0.25) is 0 Å². The minimum atomic E-state index is -0.572. The predicted octanol–water partition coefficient (Wildman–Crippen LogP) is 0.612. The molecule has 8 heteroatoms. The van der Waals surface area contributed by atoms with Crippen molar-refractivity contribution in [3.8, 4) is 5.75 Å². The van der Waals surface area contributed by atoms with E-state index in [-0.39, 0.29) is 34.9 Å². The number of nitro benzene ring substituents is 1. The van der Waals surface area contributed by atoms with Gasteiger partial charge in [0.1, 0.15) is 0 Å². The van der Waals surface area contributed by atoms with Crippen LogP contribution in [0.1, 0.15) is 23.2 Å². The highest BCUT2D eigenvalue weighted by Gasteiger charge is 2.22. The number of benzene rings is 1. The summed E-state index contributed by atoms with van der Waals surface area (Å²) in [5.41, 5.74) is 0.0772. The number of nitrogens with zero attached hydrogens (tertiary/aromatic N) is 1. The number of carbonyl (C=O) groups excluding carboxylic acids is 2. The van der Waals surface area contributed by atoms with Gasteiger partial charge >= 0.3 is 5.69 Å². The number of methoxy groups -OCH3 is 1. The van der Waals surface area contributed by atoms with Crippen molar-refractivity contribution in [2.24, 2.45) is 0 Å². The first kappa shape index (κ1) is 14.8. The highest BCUT2D eigenvalue weighted by atomic mass is 16.6. The van der Waals surface area contributed by atoms with Gasteiger partial charge in [0.15, 0.2) is 5.75 Å². The van der Waals surface area contributed by atoms with Gasteiger partial charge in [-0.3, -0.25) is 19.7 Å². The molecule has 0 aromatic heterocycles. The lowest BCUT2D eigenvalue weighted by Gasteiger charge is -2.23. The summed E-state index contributed by atoms with van der Waals surface area (Å²) in [6.45, 7) is 0.384. The first-order chi connectivity index (χ1) is 10.0. The largest absolute Gasteiger partial charge is 0.490 e. The molecule has 1 unspecified atom stereocenters. The van der Waals surface area contributed by atoms with E-state index < -0.39 is 4.92 Å². The Hall–Kier alpha value is -2.64. The van der Waals surface area contributed by atoms with Gasteiger partial charge in [-0.1, -0.05) is 0 Å². The molecule has 0 aliphatic carbocycles. The molecule has 1 aromatic carbocycles. The molecule has 1 aliphatic heterocycles. The fourth-order valence-electron chi connectivity index (χ4n) is 2.09. The third kappa shape index (κ3) is 3.47. The molecule has 1 heterocycles. The molecule has 0 bridgehead atoms. The molecule has 0 spiro atoms. The molecule has 112 valence electrons. The molecule has 0 radical (unpaired) electrons. The van der Waals surface area contributed by atoms with Crippen LogP contribution >= 0.6 is 0 Å². The van der Waals surface area contributed by atoms with E-state index in [1.165, 1.54) is 25.3 Å². The maximum atomic E-state index is 12.1. The lowest BCUT2D eigenvalue weighted by Crippen LogP contribution is -2.47. The number of ether oxygens (including phenoxy) is 1. The summed E-state index contributed by atoms with van der Waals surface area (Å²) in [6.07, 6.45) is 0.941. The summed E-state index contributed by atoms with van der Waals surface area (Å²) < 4.78 is 4.92. The summed E-state index contributed by atoms with van der Waals surface area (Å²) in [5, 5.41) is 16.2. The molecule has 1 aromatic rings. The second kappa shape index (κ2) is 6.21. The van der Waals surface area contributed by atoms with Gasteiger partial charge in [0.05, 0.1) is 12.0 Å². The molecule has 2 amide bonds. The Bertz CT molecular complexity index is 577. The van der Waals surface area contributed by atoms with E-state index in [9.17, 15) is 19.7 Å². The van der Waals surface area contributed by atoms with Crippen LogP contribution in [0.3, 0.4) is 0 Å². The van der Waals surface area contributed by atoms with Crippen molar-refractivity contribution in [3.05, 3.63) is 33.9 Å². The maximum absolute atomic E-state index is 12.1. The number of carbonyl (C=O) groups is 2. The van der Waals surface area contributed by atoms with Gasteiger partial charge in [0, 0.05) is 36.7 Å². The van der Waals surface area contributed by atoms with Crippen molar-refractivity contribution in [2.75, 3.05) is 13.7 Å². The standard InChI is InChI=1S/C13H15N3O5/c1-21-11-6-8(2-4-10(11)16(19)20)13(18)15-9-3-5-12(17)14-7-9/h2,4,6,9H,3,5,7H2,1H3,(H,14,17)(H,15,18). The zero-order chi connectivity index (χ0) is 15.4. The second-order valence-electron chi connectivity index (χ2n) is 4.66. The second-order valence-corrected chi connectivity index (χ2v) is 4.66. The van der Waals surface area contributed by atoms with Crippen LogP contribution in [0.15, 0.2) is 18.2 Å². The molecular weight excluding hydrogens is 278 g/mol. The molecule has 1 aliphatic rings. The first-order valence-corrected chi connectivity index (χ1v) is 6.41. The average Bonchev–Trinajstić information content (AvgIpc) is 2.48. The Morgan fingerprint density at radius 1 is 1.52 bits per heavy atom. The summed E-state index contributed by atoms with van der Waals surface area (Å²) >= 11 is 0. The maximum Gasteiger partial charge on any atom is 0.310 e. The van der Waals surface area contributed by atoms with Crippen LogP contribution in [0.4, 0.5) is 5.69 Å². The van der Waals surface area contributed by atoms with Crippen molar-refractivity contribution >= 4 is 17.5 Å². The number of amides is 2. The number of nitrogens with one attached hydrogen (secondary N) is 2. The molecule has 0 saturated carbocycles. The summed E-state index contributed by atoms with van der Waals surface area (Å²) in [4.78, 5) is 33.4. The van der Waals surface area contributed by atoms with Crippen molar-refractivity contribution in [1.82, 2.24) is 10.6 Å². The summed E-state index contributed by atoms with van der Waals surface area (Å²) in [6, 6.07) is 3.79. The van der Waals surface area contributed by atoms with Crippen LogP contribution < -0.4 is 15.4 Å². The molecule has 2 N–H and O–H groups in total. The number of hydrogen-bond acceptors (Lipinski definition) is 5. The van der Waals surface area contributed by atoms with Gasteiger partial charge in [-0.05, 0) is 12.5 Å². The van der Waals surface area contributed by atoms with Crippen molar-refractivity contribution in [3.63, 3.8) is 0 Å². The summed E-state index contributed by atoms with van der Waals surface area (Å²) in [7, 11) is 1.31. The number of nitro groups is 1. The Morgan fingerprint density at radius 2 is 2.29 bits per heavy atom. The van der Waals surface area contributed by atoms with Gasteiger partial charge in [0.25, 0.3) is 5.91 Å². The third-order valence-electron chi connectivity index (χ3n) is 3.24. The van der Waals surface area contributed by atoms with Crippen LogP contribution in [0.25, 0.3) is 0 Å². The molecular formula is C13H15N3O5. The summed E-state index contributed by atoms with van der Waals surface area (Å²) in [5.74, 6) is -0.355. The molecule has 1 atom stereocenters. The monoisotopic (exact) mass is 293 g/mol. The molecule has 2 rings (SSSR count). The van der Waals surface area contributed by atoms with Crippen LogP contribution in [-0.2, 0) is 4.79 Å². The van der Waals surface area contributed by atoms with Crippen molar-refractivity contribution in [2.45, 2.75) is 18.9 Å². The quantitative estimate of drug-likeness (QED) is 0.624. The topological polar surface area (TPSA) is 111 Å². The highest BCUT2D eigenvalue weighted by Crippen LogP contribution is 2.27.